The Balaban J connectivity index is 1.32. The van der Waals surface area contributed by atoms with Gasteiger partial charge in [0.1, 0.15) is 10.7 Å². The number of H-pyrrole nitrogens is 1. The highest BCUT2D eigenvalue weighted by Crippen LogP contribution is 2.30. The van der Waals surface area contributed by atoms with Crippen molar-refractivity contribution in [2.24, 2.45) is 0 Å². The number of rotatable bonds is 6. The Kier molecular flexibility index (Phi) is 6.00. The largest absolute Gasteiger partial charge is 0.338 e. The number of para-hydroxylation sites is 1. The van der Waals surface area contributed by atoms with Crippen LogP contribution in [0, 0.1) is 6.92 Å². The van der Waals surface area contributed by atoms with Gasteiger partial charge in [-0.15, -0.1) is 11.3 Å². The molecule has 3 aromatic heterocycles. The number of benzene rings is 2. The summed E-state index contributed by atoms with van der Waals surface area (Å²) < 4.78 is 1.48. The Morgan fingerprint density at radius 2 is 1.89 bits per heavy atom. The molecule has 0 saturated carbocycles. The molecule has 8 nitrogen and oxygen atoms in total. The van der Waals surface area contributed by atoms with Crippen LogP contribution in [0.4, 0.5) is 0 Å². The van der Waals surface area contributed by atoms with Crippen LogP contribution in [0.3, 0.4) is 0 Å². The summed E-state index contributed by atoms with van der Waals surface area (Å²) in [5.41, 5.74) is 3.14. The van der Waals surface area contributed by atoms with E-state index < -0.39 is 0 Å². The van der Waals surface area contributed by atoms with Gasteiger partial charge < -0.3 is 9.88 Å². The van der Waals surface area contributed by atoms with Crippen molar-refractivity contribution >= 4 is 38.4 Å². The van der Waals surface area contributed by atoms with E-state index in [0.717, 1.165) is 16.7 Å². The van der Waals surface area contributed by atoms with Crippen LogP contribution >= 0.6 is 11.3 Å². The van der Waals surface area contributed by atoms with Crippen LogP contribution in [0.15, 0.2) is 69.8 Å². The number of hydrogen-bond acceptors (Lipinski definition) is 6. The highest BCUT2D eigenvalue weighted by molar-refractivity contribution is 7.17. The van der Waals surface area contributed by atoms with E-state index in [2.05, 4.69) is 15.0 Å². The lowest BCUT2D eigenvalue weighted by molar-refractivity contribution is -0.130. The molecule has 0 unspecified atom stereocenters. The van der Waals surface area contributed by atoms with Gasteiger partial charge in [-0.1, -0.05) is 42.0 Å². The quantitative estimate of drug-likeness (QED) is 0.395. The Hall–Kier alpha value is -4.11. The van der Waals surface area contributed by atoms with Gasteiger partial charge in [0.25, 0.3) is 11.1 Å². The topological polar surface area (TPSA) is 101 Å². The summed E-state index contributed by atoms with van der Waals surface area (Å²) in [6.45, 7) is 2.38. The van der Waals surface area contributed by atoms with Gasteiger partial charge >= 0.3 is 0 Å². The lowest BCUT2D eigenvalue weighted by Crippen LogP contribution is -2.30. The van der Waals surface area contributed by atoms with Crippen LogP contribution < -0.4 is 11.1 Å². The molecule has 0 aliphatic heterocycles. The monoisotopic (exact) mass is 485 g/mol. The average molecular weight is 486 g/mol. The molecule has 1 amide bonds. The van der Waals surface area contributed by atoms with Gasteiger partial charge in [0.2, 0.25) is 5.91 Å². The zero-order valence-electron chi connectivity index (χ0n) is 19.3. The van der Waals surface area contributed by atoms with Crippen LogP contribution in [0.2, 0.25) is 0 Å². The number of fused-ring (bicyclic) bond motifs is 2. The zero-order chi connectivity index (χ0) is 24.5. The van der Waals surface area contributed by atoms with Crippen molar-refractivity contribution in [1.29, 1.82) is 0 Å². The van der Waals surface area contributed by atoms with Gasteiger partial charge in [0.15, 0.2) is 0 Å². The third-order valence-electron chi connectivity index (χ3n) is 5.96. The molecule has 0 fully saturated rings. The van der Waals surface area contributed by atoms with Gasteiger partial charge in [0.05, 0.1) is 29.2 Å². The summed E-state index contributed by atoms with van der Waals surface area (Å²) in [5.74, 6) is 0.239. The van der Waals surface area contributed by atoms with Crippen LogP contribution in [0.1, 0.15) is 17.8 Å². The molecule has 9 heteroatoms. The van der Waals surface area contributed by atoms with Gasteiger partial charge in [-0.2, -0.15) is 0 Å². The van der Waals surface area contributed by atoms with E-state index in [-0.39, 0.29) is 36.5 Å². The first-order valence-corrected chi connectivity index (χ1v) is 12.0. The summed E-state index contributed by atoms with van der Waals surface area (Å²) in [7, 11) is 1.65. The number of amides is 1. The molecule has 3 heterocycles. The minimum atomic E-state index is -0.238. The third-order valence-corrected chi connectivity index (χ3v) is 6.85. The standard InChI is InChI=1S/C26H23N5O3S/c1-16-7-9-17(10-8-16)19-14-35-25-23(19)26(34)31(15-27-25)12-11-22(32)30(2)13-21-28-20-6-4-3-5-18(20)24(33)29-21/h3-10,14-15H,11-13H2,1-2H3,(H,28,29,33). The molecule has 1 N–H and O–H groups in total. The van der Waals surface area contributed by atoms with Crippen LogP contribution in [0.25, 0.3) is 32.2 Å². The molecular formula is C26H23N5O3S. The van der Waals surface area contributed by atoms with Gasteiger partial charge in [-0.05, 0) is 24.6 Å². The smallest absolute Gasteiger partial charge is 0.262 e. The lowest BCUT2D eigenvalue weighted by Gasteiger charge is -2.17. The number of carbonyl (C=O) groups is 1. The van der Waals surface area contributed by atoms with E-state index in [9.17, 15) is 14.4 Å². The fourth-order valence-electron chi connectivity index (χ4n) is 4.00. The van der Waals surface area contributed by atoms with Crippen LogP contribution in [-0.2, 0) is 17.9 Å². The summed E-state index contributed by atoms with van der Waals surface area (Å²) in [4.78, 5) is 52.1. The number of thiophene rings is 1. The molecule has 0 radical (unpaired) electrons. The third kappa shape index (κ3) is 4.50. The molecule has 0 atom stereocenters. The van der Waals surface area contributed by atoms with Crippen molar-refractivity contribution < 1.29 is 4.79 Å². The highest BCUT2D eigenvalue weighted by atomic mass is 32.1. The van der Waals surface area contributed by atoms with Gasteiger partial charge in [0, 0.05) is 31.0 Å². The number of aromatic amines is 1. The van der Waals surface area contributed by atoms with E-state index in [1.165, 1.54) is 27.1 Å². The summed E-state index contributed by atoms with van der Waals surface area (Å²) in [6.07, 6.45) is 1.61. The maximum absolute atomic E-state index is 13.2. The normalized spacial score (nSPS) is 11.3. The Bertz CT molecular complexity index is 1670. The molecule has 0 spiro atoms. The van der Waals surface area contributed by atoms with Crippen molar-refractivity contribution in [3.05, 3.63) is 92.3 Å². The molecule has 2 aromatic carbocycles. The SMILES string of the molecule is Cc1ccc(-c2csc3ncn(CCC(=O)N(C)Cc4nc5ccccc5c(=O)[nH]4)c(=O)c23)cc1. The first-order chi connectivity index (χ1) is 16.9. The molecule has 0 bridgehead atoms. The predicted octanol–water partition coefficient (Wildman–Crippen LogP) is 3.72. The Morgan fingerprint density at radius 1 is 1.11 bits per heavy atom. The first kappa shape index (κ1) is 22.7. The molecule has 0 aliphatic rings. The van der Waals surface area contributed by atoms with Crippen molar-refractivity contribution in [2.75, 3.05) is 7.05 Å². The van der Waals surface area contributed by atoms with E-state index in [1.54, 1.807) is 25.2 Å². The average Bonchev–Trinajstić information content (AvgIpc) is 3.29. The van der Waals surface area contributed by atoms with Crippen molar-refractivity contribution in [3.8, 4) is 11.1 Å². The van der Waals surface area contributed by atoms with Crippen molar-refractivity contribution in [2.45, 2.75) is 26.4 Å². The second-order valence-corrected chi connectivity index (χ2v) is 9.33. The number of hydrogen-bond donors (Lipinski definition) is 1. The summed E-state index contributed by atoms with van der Waals surface area (Å²) in [5, 5.41) is 3.02. The second-order valence-electron chi connectivity index (χ2n) is 8.47. The number of aryl methyl sites for hydroxylation is 2. The summed E-state index contributed by atoms with van der Waals surface area (Å²) in [6, 6.07) is 15.1. The molecule has 5 rings (SSSR count). The van der Waals surface area contributed by atoms with E-state index in [1.807, 2.05) is 42.6 Å². The molecule has 5 aromatic rings. The van der Waals surface area contributed by atoms with E-state index >= 15 is 0 Å². The first-order valence-electron chi connectivity index (χ1n) is 11.2. The number of nitrogens with zero attached hydrogens (tertiary/aromatic N) is 4. The maximum Gasteiger partial charge on any atom is 0.262 e. The summed E-state index contributed by atoms with van der Waals surface area (Å²) >= 11 is 1.43. The number of nitrogens with one attached hydrogen (secondary N) is 1. The molecular weight excluding hydrogens is 462 g/mol. The molecule has 0 saturated heterocycles. The number of aromatic nitrogens is 4. The zero-order valence-corrected chi connectivity index (χ0v) is 20.1. The fourth-order valence-corrected chi connectivity index (χ4v) is 4.91. The molecule has 0 aliphatic carbocycles. The Morgan fingerprint density at radius 3 is 2.69 bits per heavy atom. The van der Waals surface area contributed by atoms with Gasteiger partial charge in [-0.25, -0.2) is 9.97 Å². The predicted molar refractivity (Wildman–Crippen MR) is 138 cm³/mol. The van der Waals surface area contributed by atoms with Gasteiger partial charge in [-0.3, -0.25) is 19.0 Å². The molecule has 35 heavy (non-hydrogen) atoms. The highest BCUT2D eigenvalue weighted by Gasteiger charge is 2.16. The second kappa shape index (κ2) is 9.27. The minimum absolute atomic E-state index is 0.116. The lowest BCUT2D eigenvalue weighted by atomic mass is 10.1. The number of carbonyl (C=O) groups excluding carboxylic acids is 1. The minimum Gasteiger partial charge on any atom is -0.338 e. The van der Waals surface area contributed by atoms with Crippen LogP contribution in [-0.4, -0.2) is 37.4 Å². The maximum atomic E-state index is 13.2. The van der Waals surface area contributed by atoms with E-state index in [4.69, 9.17) is 0 Å². The van der Waals surface area contributed by atoms with Crippen molar-refractivity contribution in [3.63, 3.8) is 0 Å². The Labute approximate surface area is 204 Å². The molecule has 176 valence electrons. The van der Waals surface area contributed by atoms with E-state index in [0.29, 0.717) is 26.9 Å². The van der Waals surface area contributed by atoms with Crippen molar-refractivity contribution in [1.82, 2.24) is 24.4 Å². The fraction of sp³-hybridized carbons (Fsp3) is 0.192. The van der Waals surface area contributed by atoms with Crippen LogP contribution in [0.5, 0.6) is 0 Å².